The van der Waals surface area contributed by atoms with Gasteiger partial charge in [0.05, 0.1) is 11.3 Å². The summed E-state index contributed by atoms with van der Waals surface area (Å²) in [5, 5.41) is 6.26. The van der Waals surface area contributed by atoms with Crippen molar-refractivity contribution >= 4 is 23.0 Å². The highest BCUT2D eigenvalue weighted by Crippen LogP contribution is 2.18. The van der Waals surface area contributed by atoms with Crippen LogP contribution in [0.25, 0.3) is 0 Å². The minimum atomic E-state index is -0.152. The minimum absolute atomic E-state index is 0.152. The van der Waals surface area contributed by atoms with Crippen molar-refractivity contribution in [2.45, 2.75) is 34.1 Å². The second-order valence-electron chi connectivity index (χ2n) is 6.74. The number of hydrogen-bond donors (Lipinski definition) is 2. The van der Waals surface area contributed by atoms with Gasteiger partial charge in [-0.25, -0.2) is 0 Å². The SMILES string of the molecule is CCN(CC)c1ccc(NC(=O)c2cncc(NCCC(C)C)c2)cc1. The quantitative estimate of drug-likeness (QED) is 0.689. The monoisotopic (exact) mass is 354 g/mol. The van der Waals surface area contributed by atoms with Gasteiger partial charge in [0, 0.05) is 43.4 Å². The summed E-state index contributed by atoms with van der Waals surface area (Å²) in [5.41, 5.74) is 3.36. The van der Waals surface area contributed by atoms with Gasteiger partial charge in [0.15, 0.2) is 0 Å². The van der Waals surface area contributed by atoms with E-state index in [2.05, 4.69) is 48.2 Å². The van der Waals surface area contributed by atoms with Gasteiger partial charge < -0.3 is 15.5 Å². The zero-order chi connectivity index (χ0) is 18.9. The fraction of sp³-hybridized carbons (Fsp3) is 0.429. The standard InChI is InChI=1S/C21H30N4O/c1-5-25(6-2)20-9-7-18(8-10-20)24-21(26)17-13-19(15-22-14-17)23-12-11-16(3)4/h7-10,13-16,23H,5-6,11-12H2,1-4H3,(H,24,26). The molecule has 1 aromatic heterocycles. The Morgan fingerprint density at radius 1 is 1.08 bits per heavy atom. The van der Waals surface area contributed by atoms with E-state index < -0.39 is 0 Å². The van der Waals surface area contributed by atoms with Gasteiger partial charge in [-0.3, -0.25) is 9.78 Å². The van der Waals surface area contributed by atoms with Gasteiger partial charge in [-0.2, -0.15) is 0 Å². The number of pyridine rings is 1. The molecule has 0 aliphatic carbocycles. The molecule has 1 heterocycles. The molecule has 26 heavy (non-hydrogen) atoms. The molecule has 2 aromatic rings. The lowest BCUT2D eigenvalue weighted by Crippen LogP contribution is -2.21. The molecule has 5 nitrogen and oxygen atoms in total. The second-order valence-corrected chi connectivity index (χ2v) is 6.74. The summed E-state index contributed by atoms with van der Waals surface area (Å²) in [6.07, 6.45) is 4.42. The Hall–Kier alpha value is -2.56. The summed E-state index contributed by atoms with van der Waals surface area (Å²) in [7, 11) is 0. The van der Waals surface area contributed by atoms with Gasteiger partial charge >= 0.3 is 0 Å². The van der Waals surface area contributed by atoms with Gasteiger partial charge in [0.2, 0.25) is 0 Å². The Morgan fingerprint density at radius 2 is 1.77 bits per heavy atom. The fourth-order valence-corrected chi connectivity index (χ4v) is 2.71. The predicted octanol–water partition coefficient (Wildman–Crippen LogP) is 4.64. The molecule has 1 amide bonds. The Bertz CT molecular complexity index is 693. The number of carbonyl (C=O) groups is 1. The smallest absolute Gasteiger partial charge is 0.257 e. The van der Waals surface area contributed by atoms with E-state index in [0.717, 1.165) is 43.1 Å². The van der Waals surface area contributed by atoms with Crippen molar-refractivity contribution in [3.8, 4) is 0 Å². The maximum Gasteiger partial charge on any atom is 0.257 e. The van der Waals surface area contributed by atoms with Crippen LogP contribution in [0, 0.1) is 5.92 Å². The molecule has 0 unspecified atom stereocenters. The first-order chi connectivity index (χ1) is 12.5. The Morgan fingerprint density at radius 3 is 2.38 bits per heavy atom. The predicted molar refractivity (Wildman–Crippen MR) is 110 cm³/mol. The summed E-state index contributed by atoms with van der Waals surface area (Å²) in [6, 6.07) is 9.77. The van der Waals surface area contributed by atoms with Gasteiger partial charge in [-0.1, -0.05) is 13.8 Å². The molecular formula is C21H30N4O. The molecule has 0 spiro atoms. The van der Waals surface area contributed by atoms with Gasteiger partial charge in [0.25, 0.3) is 5.91 Å². The number of aromatic nitrogens is 1. The third-order valence-electron chi connectivity index (χ3n) is 4.31. The summed E-state index contributed by atoms with van der Waals surface area (Å²) in [4.78, 5) is 18.9. The highest BCUT2D eigenvalue weighted by Gasteiger charge is 2.08. The summed E-state index contributed by atoms with van der Waals surface area (Å²) < 4.78 is 0. The lowest BCUT2D eigenvalue weighted by Gasteiger charge is -2.21. The Kier molecular flexibility index (Phi) is 7.45. The molecule has 0 aliphatic heterocycles. The van der Waals surface area contributed by atoms with E-state index >= 15 is 0 Å². The third kappa shape index (κ3) is 5.76. The molecule has 0 aliphatic rings. The van der Waals surface area contributed by atoms with Gasteiger partial charge in [-0.15, -0.1) is 0 Å². The van der Waals surface area contributed by atoms with Crippen LogP contribution in [0.5, 0.6) is 0 Å². The van der Waals surface area contributed by atoms with Crippen LogP contribution in [0.3, 0.4) is 0 Å². The number of benzene rings is 1. The number of amides is 1. The van der Waals surface area contributed by atoms with Crippen molar-refractivity contribution in [2.24, 2.45) is 5.92 Å². The van der Waals surface area contributed by atoms with Crippen LogP contribution >= 0.6 is 0 Å². The van der Waals surface area contributed by atoms with Crippen LogP contribution < -0.4 is 15.5 Å². The van der Waals surface area contributed by atoms with Crippen LogP contribution in [0.15, 0.2) is 42.7 Å². The first kappa shape index (κ1) is 19.8. The van der Waals surface area contributed by atoms with Crippen LogP contribution in [0.1, 0.15) is 44.5 Å². The molecular weight excluding hydrogens is 324 g/mol. The first-order valence-electron chi connectivity index (χ1n) is 9.38. The molecule has 2 rings (SSSR count). The summed E-state index contributed by atoms with van der Waals surface area (Å²) in [5.74, 6) is 0.488. The van der Waals surface area contributed by atoms with E-state index in [1.807, 2.05) is 30.3 Å². The van der Waals surface area contributed by atoms with E-state index in [0.29, 0.717) is 11.5 Å². The average Bonchev–Trinajstić information content (AvgIpc) is 2.64. The van der Waals surface area contributed by atoms with E-state index in [-0.39, 0.29) is 5.91 Å². The summed E-state index contributed by atoms with van der Waals surface area (Å²) in [6.45, 7) is 11.4. The van der Waals surface area contributed by atoms with Crippen LogP contribution in [0.4, 0.5) is 17.1 Å². The zero-order valence-electron chi connectivity index (χ0n) is 16.2. The number of nitrogens with one attached hydrogen (secondary N) is 2. The lowest BCUT2D eigenvalue weighted by atomic mass is 10.1. The molecule has 0 saturated carbocycles. The highest BCUT2D eigenvalue weighted by molar-refractivity contribution is 6.04. The lowest BCUT2D eigenvalue weighted by molar-refractivity contribution is 0.102. The van der Waals surface area contributed by atoms with Crippen molar-refractivity contribution in [2.75, 3.05) is 35.2 Å². The zero-order valence-corrected chi connectivity index (χ0v) is 16.2. The molecule has 0 radical (unpaired) electrons. The van der Waals surface area contributed by atoms with Crippen molar-refractivity contribution in [3.05, 3.63) is 48.3 Å². The van der Waals surface area contributed by atoms with Gasteiger partial charge in [-0.05, 0) is 56.5 Å². The molecule has 0 fully saturated rings. The number of carbonyl (C=O) groups excluding carboxylic acids is 1. The average molecular weight is 354 g/mol. The molecule has 1 aromatic carbocycles. The maximum absolute atomic E-state index is 12.5. The molecule has 2 N–H and O–H groups in total. The minimum Gasteiger partial charge on any atom is -0.384 e. The largest absolute Gasteiger partial charge is 0.384 e. The van der Waals surface area contributed by atoms with E-state index in [1.165, 1.54) is 0 Å². The number of nitrogens with zero attached hydrogens (tertiary/aromatic N) is 2. The first-order valence-corrected chi connectivity index (χ1v) is 9.38. The van der Waals surface area contributed by atoms with Crippen molar-refractivity contribution in [3.63, 3.8) is 0 Å². The van der Waals surface area contributed by atoms with Gasteiger partial charge in [0.1, 0.15) is 0 Å². The molecule has 140 valence electrons. The van der Waals surface area contributed by atoms with Crippen molar-refractivity contribution in [1.82, 2.24) is 4.98 Å². The number of rotatable bonds is 9. The summed E-state index contributed by atoms with van der Waals surface area (Å²) >= 11 is 0. The number of anilines is 3. The molecule has 0 bridgehead atoms. The number of hydrogen-bond acceptors (Lipinski definition) is 4. The molecule has 0 atom stereocenters. The topological polar surface area (TPSA) is 57.3 Å². The second kappa shape index (κ2) is 9.80. The van der Waals surface area contributed by atoms with Crippen LogP contribution in [0.2, 0.25) is 0 Å². The molecule has 5 heteroatoms. The van der Waals surface area contributed by atoms with Crippen molar-refractivity contribution < 1.29 is 4.79 Å². The Balaban J connectivity index is 1.99. The highest BCUT2D eigenvalue weighted by atomic mass is 16.1. The van der Waals surface area contributed by atoms with Crippen LogP contribution in [-0.4, -0.2) is 30.5 Å². The maximum atomic E-state index is 12.5. The van der Waals surface area contributed by atoms with Crippen LogP contribution in [-0.2, 0) is 0 Å². The van der Waals surface area contributed by atoms with E-state index in [4.69, 9.17) is 0 Å². The van der Waals surface area contributed by atoms with Crippen molar-refractivity contribution in [1.29, 1.82) is 0 Å². The third-order valence-corrected chi connectivity index (χ3v) is 4.31. The fourth-order valence-electron chi connectivity index (χ4n) is 2.71. The Labute approximate surface area is 156 Å². The normalized spacial score (nSPS) is 10.7. The van der Waals surface area contributed by atoms with E-state index in [9.17, 15) is 4.79 Å². The van der Waals surface area contributed by atoms with E-state index in [1.54, 1.807) is 12.4 Å². The molecule has 0 saturated heterocycles.